The van der Waals surface area contributed by atoms with Gasteiger partial charge in [0, 0.05) is 11.4 Å². The zero-order chi connectivity index (χ0) is 10.6. The van der Waals surface area contributed by atoms with E-state index in [2.05, 4.69) is 0 Å². The quantitative estimate of drug-likeness (QED) is 0.792. The van der Waals surface area contributed by atoms with Gasteiger partial charge in [-0.15, -0.1) is 22.9 Å². The van der Waals surface area contributed by atoms with Gasteiger partial charge < -0.3 is 5.11 Å². The smallest absolute Gasteiger partial charge is 0.317 e. The van der Waals surface area contributed by atoms with Crippen LogP contribution < -0.4 is 0 Å². The predicted molar refractivity (Wildman–Crippen MR) is 58.0 cm³/mol. The van der Waals surface area contributed by atoms with Crippen molar-refractivity contribution < 1.29 is 9.90 Å². The predicted octanol–water partition coefficient (Wildman–Crippen LogP) is 2.04. The lowest BCUT2D eigenvalue weighted by Crippen LogP contribution is -2.28. The molecular formula is C9H12ClNO2S. The number of halogens is 1. The van der Waals surface area contributed by atoms with Crippen LogP contribution in [0, 0.1) is 0 Å². The van der Waals surface area contributed by atoms with E-state index in [1.807, 2.05) is 17.5 Å². The molecule has 5 heteroatoms. The van der Waals surface area contributed by atoms with Crippen LogP contribution in [0.2, 0.25) is 0 Å². The second-order valence-corrected chi connectivity index (χ2v) is 4.58. The molecule has 14 heavy (non-hydrogen) atoms. The third kappa shape index (κ3) is 3.65. The minimum atomic E-state index is -0.831. The summed E-state index contributed by atoms with van der Waals surface area (Å²) < 4.78 is 0. The van der Waals surface area contributed by atoms with E-state index in [0.29, 0.717) is 6.54 Å². The molecule has 0 radical (unpaired) electrons. The Balaban J connectivity index is 2.41. The van der Waals surface area contributed by atoms with Crippen molar-refractivity contribution in [1.82, 2.24) is 4.90 Å². The second-order valence-electron chi connectivity index (χ2n) is 3.07. The fourth-order valence-corrected chi connectivity index (χ4v) is 2.28. The average molecular weight is 234 g/mol. The van der Waals surface area contributed by atoms with Crippen LogP contribution in [-0.4, -0.2) is 36.1 Å². The van der Waals surface area contributed by atoms with E-state index in [1.165, 1.54) is 0 Å². The minimum Gasteiger partial charge on any atom is -0.480 e. The van der Waals surface area contributed by atoms with Crippen molar-refractivity contribution in [1.29, 1.82) is 0 Å². The van der Waals surface area contributed by atoms with Crippen molar-refractivity contribution in [2.45, 2.75) is 5.38 Å². The number of thiophene rings is 1. The molecule has 1 aromatic rings. The summed E-state index contributed by atoms with van der Waals surface area (Å²) >= 11 is 7.69. The molecule has 1 rings (SSSR count). The number of carboxylic acids is 1. The number of carbonyl (C=O) groups is 1. The molecule has 0 bridgehead atoms. The molecule has 1 unspecified atom stereocenters. The van der Waals surface area contributed by atoms with E-state index in [4.69, 9.17) is 16.7 Å². The Bertz CT molecular complexity index is 289. The van der Waals surface area contributed by atoms with E-state index >= 15 is 0 Å². The molecule has 1 N–H and O–H groups in total. The van der Waals surface area contributed by atoms with Gasteiger partial charge in [-0.1, -0.05) is 6.07 Å². The van der Waals surface area contributed by atoms with Gasteiger partial charge in [-0.3, -0.25) is 9.69 Å². The maximum Gasteiger partial charge on any atom is 0.317 e. The second kappa shape index (κ2) is 5.34. The van der Waals surface area contributed by atoms with Crippen LogP contribution in [0.3, 0.4) is 0 Å². The van der Waals surface area contributed by atoms with Crippen LogP contribution in [-0.2, 0) is 4.79 Å². The van der Waals surface area contributed by atoms with E-state index in [9.17, 15) is 4.79 Å². The summed E-state index contributed by atoms with van der Waals surface area (Å²) in [6.07, 6.45) is 0. The number of hydrogen-bond donors (Lipinski definition) is 1. The number of alkyl halides is 1. The molecule has 3 nitrogen and oxygen atoms in total. The zero-order valence-electron chi connectivity index (χ0n) is 7.81. The Hall–Kier alpha value is -0.580. The van der Waals surface area contributed by atoms with Gasteiger partial charge in [0.25, 0.3) is 0 Å². The lowest BCUT2D eigenvalue weighted by Gasteiger charge is -2.16. The third-order valence-electron chi connectivity index (χ3n) is 1.73. The topological polar surface area (TPSA) is 40.5 Å². The molecule has 0 aliphatic rings. The SMILES string of the molecule is CN(CC(=O)O)CC(Cl)c1cccs1. The molecule has 78 valence electrons. The summed E-state index contributed by atoms with van der Waals surface area (Å²) in [5, 5.41) is 10.4. The molecule has 0 aliphatic carbocycles. The maximum atomic E-state index is 10.4. The van der Waals surface area contributed by atoms with Gasteiger partial charge in [0.05, 0.1) is 11.9 Å². The van der Waals surface area contributed by atoms with Gasteiger partial charge in [-0.2, -0.15) is 0 Å². The fraction of sp³-hybridized carbons (Fsp3) is 0.444. The van der Waals surface area contributed by atoms with E-state index in [1.54, 1.807) is 23.3 Å². The standard InChI is InChI=1S/C9H12ClNO2S/c1-11(6-9(12)13)5-7(10)8-3-2-4-14-8/h2-4,7H,5-6H2,1H3,(H,12,13). The normalized spacial score (nSPS) is 13.1. The maximum absolute atomic E-state index is 10.4. The number of likely N-dealkylation sites (N-methyl/N-ethyl adjacent to an activating group) is 1. The van der Waals surface area contributed by atoms with Crippen LogP contribution in [0.1, 0.15) is 10.3 Å². The van der Waals surface area contributed by atoms with Crippen LogP contribution in [0.15, 0.2) is 17.5 Å². The van der Waals surface area contributed by atoms with Gasteiger partial charge in [0.1, 0.15) is 0 Å². The van der Waals surface area contributed by atoms with Gasteiger partial charge in [0.2, 0.25) is 0 Å². The summed E-state index contributed by atoms with van der Waals surface area (Å²) in [7, 11) is 1.75. The first-order chi connectivity index (χ1) is 6.59. The average Bonchev–Trinajstić information content (AvgIpc) is 2.53. The molecule has 1 atom stereocenters. The Kier molecular flexibility index (Phi) is 4.38. The Morgan fingerprint density at radius 1 is 1.79 bits per heavy atom. The van der Waals surface area contributed by atoms with E-state index < -0.39 is 5.97 Å². The highest BCUT2D eigenvalue weighted by molar-refractivity contribution is 7.10. The summed E-state index contributed by atoms with van der Waals surface area (Å²) in [5.41, 5.74) is 0. The van der Waals surface area contributed by atoms with Crippen molar-refractivity contribution in [2.75, 3.05) is 20.1 Å². The van der Waals surface area contributed by atoms with E-state index in [-0.39, 0.29) is 11.9 Å². The van der Waals surface area contributed by atoms with Crippen LogP contribution >= 0.6 is 22.9 Å². The largest absolute Gasteiger partial charge is 0.480 e. The molecule has 0 spiro atoms. The Labute approximate surface area is 91.9 Å². The zero-order valence-corrected chi connectivity index (χ0v) is 9.38. The summed E-state index contributed by atoms with van der Waals surface area (Å²) in [6, 6.07) is 3.89. The summed E-state index contributed by atoms with van der Waals surface area (Å²) in [4.78, 5) is 13.2. The molecular weight excluding hydrogens is 222 g/mol. The van der Waals surface area contributed by atoms with Crippen molar-refractivity contribution in [3.8, 4) is 0 Å². The highest BCUT2D eigenvalue weighted by Crippen LogP contribution is 2.25. The minimum absolute atomic E-state index is 0.0224. The van der Waals surface area contributed by atoms with Gasteiger partial charge in [-0.25, -0.2) is 0 Å². The molecule has 0 aromatic carbocycles. The monoisotopic (exact) mass is 233 g/mol. The van der Waals surface area contributed by atoms with Crippen molar-refractivity contribution >= 4 is 28.9 Å². The number of rotatable bonds is 5. The van der Waals surface area contributed by atoms with Crippen molar-refractivity contribution in [3.63, 3.8) is 0 Å². The van der Waals surface area contributed by atoms with Gasteiger partial charge >= 0.3 is 5.97 Å². The molecule has 1 heterocycles. The first-order valence-corrected chi connectivity index (χ1v) is 5.49. The van der Waals surface area contributed by atoms with Crippen molar-refractivity contribution in [2.24, 2.45) is 0 Å². The number of carboxylic acid groups (broad SMARTS) is 1. The molecule has 0 saturated heterocycles. The molecule has 0 fully saturated rings. The fourth-order valence-electron chi connectivity index (χ4n) is 1.13. The van der Waals surface area contributed by atoms with Crippen molar-refractivity contribution in [3.05, 3.63) is 22.4 Å². The first-order valence-electron chi connectivity index (χ1n) is 4.17. The number of aliphatic carboxylic acids is 1. The lowest BCUT2D eigenvalue weighted by atomic mass is 10.3. The summed E-state index contributed by atoms with van der Waals surface area (Å²) in [5.74, 6) is -0.831. The van der Waals surface area contributed by atoms with Gasteiger partial charge in [-0.05, 0) is 18.5 Å². The highest BCUT2D eigenvalue weighted by Gasteiger charge is 2.13. The van der Waals surface area contributed by atoms with Crippen LogP contribution in [0.4, 0.5) is 0 Å². The van der Waals surface area contributed by atoms with Crippen LogP contribution in [0.5, 0.6) is 0 Å². The Morgan fingerprint density at radius 3 is 3.00 bits per heavy atom. The van der Waals surface area contributed by atoms with Crippen LogP contribution in [0.25, 0.3) is 0 Å². The van der Waals surface area contributed by atoms with Gasteiger partial charge in [0.15, 0.2) is 0 Å². The summed E-state index contributed by atoms with van der Waals surface area (Å²) in [6.45, 7) is 0.572. The first kappa shape index (κ1) is 11.5. The lowest BCUT2D eigenvalue weighted by molar-refractivity contribution is -0.137. The molecule has 0 amide bonds. The number of nitrogens with zero attached hydrogens (tertiary/aromatic N) is 1. The molecule has 0 saturated carbocycles. The highest BCUT2D eigenvalue weighted by atomic mass is 35.5. The molecule has 0 aliphatic heterocycles. The number of hydrogen-bond acceptors (Lipinski definition) is 3. The third-order valence-corrected chi connectivity index (χ3v) is 3.22. The molecule has 1 aromatic heterocycles. The van der Waals surface area contributed by atoms with E-state index in [0.717, 1.165) is 4.88 Å². The Morgan fingerprint density at radius 2 is 2.50 bits per heavy atom.